The van der Waals surface area contributed by atoms with Crippen LogP contribution in [-0.4, -0.2) is 96.3 Å². The molecule has 6 heteroatoms. The molecule has 3 unspecified atom stereocenters. The molecular formula is C39H83N3O3. The van der Waals surface area contributed by atoms with Gasteiger partial charge in [0.25, 0.3) is 0 Å². The molecule has 0 amide bonds. The number of nitrogens with one attached hydrogen (secondary N) is 1. The highest BCUT2D eigenvalue weighted by molar-refractivity contribution is 4.70. The topological polar surface area (TPSA) is 79.2 Å². The third-order valence-corrected chi connectivity index (χ3v) is 9.46. The minimum Gasteiger partial charge on any atom is -0.392 e. The van der Waals surface area contributed by atoms with Gasteiger partial charge in [0.1, 0.15) is 0 Å². The van der Waals surface area contributed by atoms with E-state index in [9.17, 15) is 15.3 Å². The van der Waals surface area contributed by atoms with Crippen LogP contribution in [0.4, 0.5) is 0 Å². The molecule has 6 nitrogen and oxygen atoms in total. The van der Waals surface area contributed by atoms with Crippen molar-refractivity contribution in [2.45, 2.75) is 200 Å². The van der Waals surface area contributed by atoms with Gasteiger partial charge in [-0.2, -0.15) is 0 Å². The molecule has 45 heavy (non-hydrogen) atoms. The first-order valence-corrected chi connectivity index (χ1v) is 20.1. The Morgan fingerprint density at radius 2 is 0.867 bits per heavy atom. The lowest BCUT2D eigenvalue weighted by Crippen LogP contribution is -2.38. The lowest BCUT2D eigenvalue weighted by atomic mass is 10.0. The third-order valence-electron chi connectivity index (χ3n) is 9.46. The van der Waals surface area contributed by atoms with Crippen molar-refractivity contribution in [3.05, 3.63) is 0 Å². The Morgan fingerprint density at radius 1 is 0.444 bits per heavy atom. The quantitative estimate of drug-likeness (QED) is 0.0508. The predicted octanol–water partition coefficient (Wildman–Crippen LogP) is 8.70. The molecule has 0 aromatic carbocycles. The van der Waals surface area contributed by atoms with Gasteiger partial charge in [-0.1, -0.05) is 149 Å². The molecule has 4 N–H and O–H groups in total. The normalized spacial score (nSPS) is 14.1. The maximum atomic E-state index is 10.9. The van der Waals surface area contributed by atoms with E-state index in [1.54, 1.807) is 0 Å². The van der Waals surface area contributed by atoms with Gasteiger partial charge in [0.05, 0.1) is 18.3 Å². The maximum absolute atomic E-state index is 10.9. The van der Waals surface area contributed by atoms with Gasteiger partial charge < -0.3 is 25.5 Å². The van der Waals surface area contributed by atoms with Crippen molar-refractivity contribution < 1.29 is 15.3 Å². The fraction of sp³-hybridized carbons (Fsp3) is 1.00. The van der Waals surface area contributed by atoms with Crippen LogP contribution in [0, 0.1) is 0 Å². The summed E-state index contributed by atoms with van der Waals surface area (Å²) < 4.78 is 0. The van der Waals surface area contributed by atoms with E-state index in [1.807, 2.05) is 6.92 Å². The van der Waals surface area contributed by atoms with Gasteiger partial charge in [-0.25, -0.2) is 0 Å². The van der Waals surface area contributed by atoms with Crippen LogP contribution in [-0.2, 0) is 0 Å². The molecule has 3 atom stereocenters. The van der Waals surface area contributed by atoms with Crippen molar-refractivity contribution >= 4 is 0 Å². The lowest BCUT2D eigenvalue weighted by molar-refractivity contribution is 0.0596. The summed E-state index contributed by atoms with van der Waals surface area (Å²) in [5, 5.41) is 35.1. The number of likely N-dealkylation sites (N-methyl/N-ethyl adjacent to an activating group) is 1. The van der Waals surface area contributed by atoms with Crippen LogP contribution in [0.3, 0.4) is 0 Å². The van der Waals surface area contributed by atoms with E-state index in [4.69, 9.17) is 0 Å². The Kier molecular flexibility index (Phi) is 34.9. The Labute approximate surface area is 282 Å². The predicted molar refractivity (Wildman–Crippen MR) is 197 cm³/mol. The van der Waals surface area contributed by atoms with Crippen LogP contribution in [0.2, 0.25) is 0 Å². The number of hydrogen-bond donors (Lipinski definition) is 4. The van der Waals surface area contributed by atoms with Crippen LogP contribution in [0.25, 0.3) is 0 Å². The lowest BCUT2D eigenvalue weighted by Gasteiger charge is -2.27. The standard InChI is InChI=1S/C39H83N3O3/c1-5-8-10-12-14-16-18-20-22-25-29-39(45)36-42(35-38(44)28-24-21-19-17-15-13-11-9-6-2)32-27-23-26-30-40-31-33-41(4)34-37(43)7-3/h37-40,43-45H,5-36H2,1-4H3. The SMILES string of the molecule is CCCCCCCCCCCCC(O)CN(CCCCCNCCN(C)CC(O)CC)CC(O)CCCCCCCCCCC. The van der Waals surface area contributed by atoms with Gasteiger partial charge in [0.15, 0.2) is 0 Å². The number of aliphatic hydroxyl groups excluding tert-OH is 3. The molecule has 0 aromatic heterocycles. The highest BCUT2D eigenvalue weighted by Crippen LogP contribution is 2.15. The summed E-state index contributed by atoms with van der Waals surface area (Å²) in [5.74, 6) is 0. The van der Waals surface area contributed by atoms with Gasteiger partial charge in [-0.15, -0.1) is 0 Å². The summed E-state index contributed by atoms with van der Waals surface area (Å²) in [6.45, 7) is 12.6. The summed E-state index contributed by atoms with van der Waals surface area (Å²) in [6, 6.07) is 0. The van der Waals surface area contributed by atoms with E-state index >= 15 is 0 Å². The zero-order valence-corrected chi connectivity index (χ0v) is 31.1. The van der Waals surface area contributed by atoms with Crippen molar-refractivity contribution in [1.82, 2.24) is 15.1 Å². The fourth-order valence-electron chi connectivity index (χ4n) is 6.33. The first-order chi connectivity index (χ1) is 21.9. The summed E-state index contributed by atoms with van der Waals surface area (Å²) in [4.78, 5) is 4.54. The summed E-state index contributed by atoms with van der Waals surface area (Å²) >= 11 is 0. The Morgan fingerprint density at radius 3 is 1.31 bits per heavy atom. The Balaban J connectivity index is 4.28. The van der Waals surface area contributed by atoms with Crippen molar-refractivity contribution in [2.24, 2.45) is 0 Å². The van der Waals surface area contributed by atoms with Crippen LogP contribution in [0.5, 0.6) is 0 Å². The van der Waals surface area contributed by atoms with Gasteiger partial charge >= 0.3 is 0 Å². The number of rotatable bonds is 37. The fourth-order valence-corrected chi connectivity index (χ4v) is 6.33. The number of hydrogen-bond acceptors (Lipinski definition) is 6. The van der Waals surface area contributed by atoms with Crippen LogP contribution in [0.1, 0.15) is 181 Å². The molecular weight excluding hydrogens is 558 g/mol. The van der Waals surface area contributed by atoms with E-state index < -0.39 is 0 Å². The first kappa shape index (κ1) is 44.8. The van der Waals surface area contributed by atoms with Crippen molar-refractivity contribution in [3.8, 4) is 0 Å². The average Bonchev–Trinajstić information content (AvgIpc) is 3.02. The zero-order chi connectivity index (χ0) is 33.2. The molecule has 0 saturated heterocycles. The number of unbranched alkanes of at least 4 members (excludes halogenated alkanes) is 19. The second kappa shape index (κ2) is 35.1. The minimum atomic E-state index is -0.288. The second-order valence-electron chi connectivity index (χ2n) is 14.3. The zero-order valence-electron chi connectivity index (χ0n) is 31.1. The van der Waals surface area contributed by atoms with E-state index in [0.29, 0.717) is 13.1 Å². The van der Waals surface area contributed by atoms with Crippen molar-refractivity contribution in [3.63, 3.8) is 0 Å². The first-order valence-electron chi connectivity index (χ1n) is 20.1. The highest BCUT2D eigenvalue weighted by atomic mass is 16.3. The molecule has 0 fully saturated rings. The van der Waals surface area contributed by atoms with Crippen molar-refractivity contribution in [1.29, 1.82) is 0 Å². The molecule has 0 aliphatic heterocycles. The molecule has 0 aliphatic carbocycles. The maximum Gasteiger partial charge on any atom is 0.0667 e. The molecule has 0 radical (unpaired) electrons. The van der Waals surface area contributed by atoms with Crippen LogP contribution >= 0.6 is 0 Å². The van der Waals surface area contributed by atoms with Crippen molar-refractivity contribution in [2.75, 3.05) is 52.9 Å². The Bertz CT molecular complexity index is 568. The molecule has 0 saturated carbocycles. The molecule has 0 spiro atoms. The van der Waals surface area contributed by atoms with Gasteiger partial charge in [-0.05, 0) is 52.2 Å². The molecule has 0 aromatic rings. The number of nitrogens with zero attached hydrogens (tertiary/aromatic N) is 2. The van der Waals surface area contributed by atoms with Crippen LogP contribution in [0.15, 0.2) is 0 Å². The second-order valence-corrected chi connectivity index (χ2v) is 14.3. The monoisotopic (exact) mass is 642 g/mol. The number of aliphatic hydroxyl groups is 3. The van der Waals surface area contributed by atoms with E-state index in [1.165, 1.54) is 109 Å². The van der Waals surface area contributed by atoms with Gasteiger partial charge in [-0.3, -0.25) is 4.90 Å². The van der Waals surface area contributed by atoms with Gasteiger partial charge in [0, 0.05) is 32.7 Å². The minimum absolute atomic E-state index is 0.227. The molecule has 0 bridgehead atoms. The van der Waals surface area contributed by atoms with Crippen LogP contribution < -0.4 is 5.32 Å². The molecule has 0 heterocycles. The van der Waals surface area contributed by atoms with E-state index in [0.717, 1.165) is 84.1 Å². The molecule has 0 rings (SSSR count). The molecule has 272 valence electrons. The molecule has 0 aliphatic rings. The van der Waals surface area contributed by atoms with E-state index in [2.05, 4.69) is 36.0 Å². The summed E-state index contributed by atoms with van der Waals surface area (Å²) in [6.07, 6.45) is 30.2. The highest BCUT2D eigenvalue weighted by Gasteiger charge is 2.16. The largest absolute Gasteiger partial charge is 0.392 e. The van der Waals surface area contributed by atoms with E-state index in [-0.39, 0.29) is 18.3 Å². The average molecular weight is 642 g/mol. The summed E-state index contributed by atoms with van der Waals surface area (Å²) in [7, 11) is 2.07. The third kappa shape index (κ3) is 33.5. The smallest absolute Gasteiger partial charge is 0.0667 e. The summed E-state index contributed by atoms with van der Waals surface area (Å²) in [5.41, 5.74) is 0. The van der Waals surface area contributed by atoms with Gasteiger partial charge in [0.2, 0.25) is 0 Å². The Hall–Kier alpha value is -0.240.